The lowest BCUT2D eigenvalue weighted by molar-refractivity contribution is 0.205. The zero-order chi connectivity index (χ0) is 18.2. The van der Waals surface area contributed by atoms with Gasteiger partial charge in [-0.15, -0.1) is 11.8 Å². The van der Waals surface area contributed by atoms with Crippen molar-refractivity contribution in [3.05, 3.63) is 84.4 Å². The van der Waals surface area contributed by atoms with Crippen LogP contribution in [-0.4, -0.2) is 27.2 Å². The van der Waals surface area contributed by atoms with E-state index >= 15 is 0 Å². The van der Waals surface area contributed by atoms with E-state index in [2.05, 4.69) is 15.3 Å². The van der Waals surface area contributed by atoms with Gasteiger partial charge in [-0.3, -0.25) is 9.97 Å². The molecule has 0 fully saturated rings. The molecule has 0 aliphatic rings. The average Bonchev–Trinajstić information content (AvgIpc) is 2.69. The maximum absolute atomic E-state index is 12.8. The van der Waals surface area contributed by atoms with E-state index in [9.17, 15) is 4.79 Å². The number of nitrogens with zero attached hydrogens (tertiary/aromatic N) is 3. The van der Waals surface area contributed by atoms with E-state index in [0.29, 0.717) is 13.1 Å². The molecule has 0 atom stereocenters. The molecule has 1 aromatic carbocycles. The molecule has 0 saturated heterocycles. The Morgan fingerprint density at radius 1 is 0.923 bits per heavy atom. The zero-order valence-electron chi connectivity index (χ0n) is 14.5. The Kier molecular flexibility index (Phi) is 6.22. The Morgan fingerprint density at radius 3 is 1.96 bits per heavy atom. The van der Waals surface area contributed by atoms with Crippen molar-refractivity contribution < 1.29 is 4.79 Å². The normalized spacial score (nSPS) is 10.3. The van der Waals surface area contributed by atoms with Crippen LogP contribution in [0.5, 0.6) is 0 Å². The molecule has 2 amide bonds. The quantitative estimate of drug-likeness (QED) is 0.657. The molecule has 0 aliphatic heterocycles. The van der Waals surface area contributed by atoms with Crippen LogP contribution < -0.4 is 5.32 Å². The summed E-state index contributed by atoms with van der Waals surface area (Å²) in [6, 6.07) is 19.0. The van der Waals surface area contributed by atoms with Gasteiger partial charge in [-0.2, -0.15) is 0 Å². The Bertz CT molecular complexity index is 784. The van der Waals surface area contributed by atoms with Gasteiger partial charge in [-0.1, -0.05) is 12.1 Å². The number of amides is 2. The van der Waals surface area contributed by atoms with Crippen LogP contribution in [0.15, 0.2) is 78.0 Å². The van der Waals surface area contributed by atoms with Gasteiger partial charge in [0.1, 0.15) is 0 Å². The smallest absolute Gasteiger partial charge is 0.313 e. The summed E-state index contributed by atoms with van der Waals surface area (Å²) >= 11 is 1.67. The van der Waals surface area contributed by atoms with Gasteiger partial charge in [0, 0.05) is 23.0 Å². The van der Waals surface area contributed by atoms with Gasteiger partial charge in [0.25, 0.3) is 0 Å². The number of thioether (sulfide) groups is 1. The van der Waals surface area contributed by atoms with Crippen LogP contribution in [0.1, 0.15) is 11.4 Å². The summed E-state index contributed by atoms with van der Waals surface area (Å²) in [4.78, 5) is 24.3. The summed E-state index contributed by atoms with van der Waals surface area (Å²) in [5.74, 6) is 0. The number of nitrogens with one attached hydrogen (secondary N) is 1. The highest BCUT2D eigenvalue weighted by Crippen LogP contribution is 2.18. The summed E-state index contributed by atoms with van der Waals surface area (Å²) in [7, 11) is 0. The molecule has 2 aromatic heterocycles. The Balaban J connectivity index is 1.75. The maximum atomic E-state index is 12.8. The van der Waals surface area contributed by atoms with Crippen molar-refractivity contribution in [1.29, 1.82) is 0 Å². The standard InChI is InChI=1S/C20H20N4OS/c1-26-19-10-8-16(9-11-19)23-20(25)24(14-17-6-2-4-12-21-17)15-18-7-3-5-13-22-18/h2-13H,14-15H2,1H3,(H,23,25). The van der Waals surface area contributed by atoms with E-state index in [0.717, 1.165) is 22.0 Å². The van der Waals surface area contributed by atoms with E-state index in [1.54, 1.807) is 29.1 Å². The number of hydrogen-bond acceptors (Lipinski definition) is 4. The molecule has 6 heteroatoms. The maximum Gasteiger partial charge on any atom is 0.322 e. The predicted molar refractivity (Wildman–Crippen MR) is 105 cm³/mol. The average molecular weight is 364 g/mol. The van der Waals surface area contributed by atoms with Crippen LogP contribution in [-0.2, 0) is 13.1 Å². The predicted octanol–water partition coefficient (Wildman–Crippen LogP) is 4.43. The van der Waals surface area contributed by atoms with E-state index < -0.39 is 0 Å². The van der Waals surface area contributed by atoms with Crippen LogP contribution in [0.4, 0.5) is 10.5 Å². The van der Waals surface area contributed by atoms with E-state index in [1.807, 2.05) is 66.9 Å². The zero-order valence-corrected chi connectivity index (χ0v) is 15.3. The number of pyridine rings is 2. The molecular weight excluding hydrogens is 344 g/mol. The number of hydrogen-bond donors (Lipinski definition) is 1. The van der Waals surface area contributed by atoms with E-state index in [1.165, 1.54) is 0 Å². The number of anilines is 1. The highest BCUT2D eigenvalue weighted by atomic mass is 32.2. The van der Waals surface area contributed by atoms with Gasteiger partial charge < -0.3 is 10.2 Å². The first-order valence-corrected chi connectivity index (χ1v) is 9.47. The van der Waals surface area contributed by atoms with Gasteiger partial charge >= 0.3 is 6.03 Å². The number of carbonyl (C=O) groups excluding carboxylic acids is 1. The molecule has 5 nitrogen and oxygen atoms in total. The Morgan fingerprint density at radius 2 is 1.50 bits per heavy atom. The van der Waals surface area contributed by atoms with Gasteiger partial charge in [0.15, 0.2) is 0 Å². The molecule has 1 N–H and O–H groups in total. The molecule has 0 spiro atoms. The second-order valence-corrected chi connectivity index (χ2v) is 6.54. The lowest BCUT2D eigenvalue weighted by Crippen LogP contribution is -2.34. The van der Waals surface area contributed by atoms with Crippen molar-refractivity contribution in [3.63, 3.8) is 0 Å². The minimum atomic E-state index is -0.182. The number of benzene rings is 1. The summed E-state index contributed by atoms with van der Waals surface area (Å²) in [6.45, 7) is 0.818. The fraction of sp³-hybridized carbons (Fsp3) is 0.150. The summed E-state index contributed by atoms with van der Waals surface area (Å²) in [6.07, 6.45) is 5.48. The second kappa shape index (κ2) is 9.01. The van der Waals surface area contributed by atoms with Crippen LogP contribution in [0.25, 0.3) is 0 Å². The van der Waals surface area contributed by atoms with Gasteiger partial charge in [0.05, 0.1) is 24.5 Å². The van der Waals surface area contributed by atoms with Crippen molar-refractivity contribution in [3.8, 4) is 0 Å². The molecule has 0 unspecified atom stereocenters. The van der Waals surface area contributed by atoms with Crippen molar-refractivity contribution in [1.82, 2.24) is 14.9 Å². The third kappa shape index (κ3) is 5.07. The fourth-order valence-electron chi connectivity index (χ4n) is 2.45. The highest BCUT2D eigenvalue weighted by molar-refractivity contribution is 7.98. The van der Waals surface area contributed by atoms with Crippen molar-refractivity contribution >= 4 is 23.5 Å². The third-order valence-corrected chi connectivity index (χ3v) is 4.53. The SMILES string of the molecule is CSc1ccc(NC(=O)N(Cc2ccccn2)Cc2ccccn2)cc1. The minimum absolute atomic E-state index is 0.182. The first-order chi connectivity index (χ1) is 12.7. The highest BCUT2D eigenvalue weighted by Gasteiger charge is 2.16. The molecule has 26 heavy (non-hydrogen) atoms. The minimum Gasteiger partial charge on any atom is -0.313 e. The number of carbonyl (C=O) groups is 1. The fourth-order valence-corrected chi connectivity index (χ4v) is 2.86. The van der Waals surface area contributed by atoms with Crippen molar-refractivity contribution in [2.45, 2.75) is 18.0 Å². The number of rotatable bonds is 6. The molecule has 0 saturated carbocycles. The molecular formula is C20H20N4OS. The monoisotopic (exact) mass is 364 g/mol. The van der Waals surface area contributed by atoms with Gasteiger partial charge in [-0.25, -0.2) is 4.79 Å². The van der Waals surface area contributed by atoms with Gasteiger partial charge in [-0.05, 0) is 54.8 Å². The second-order valence-electron chi connectivity index (χ2n) is 5.66. The lowest BCUT2D eigenvalue weighted by Gasteiger charge is -2.22. The molecule has 0 radical (unpaired) electrons. The number of urea groups is 1. The summed E-state index contributed by atoms with van der Waals surface area (Å²) < 4.78 is 0. The lowest BCUT2D eigenvalue weighted by atomic mass is 10.3. The van der Waals surface area contributed by atoms with Crippen LogP contribution >= 0.6 is 11.8 Å². The largest absolute Gasteiger partial charge is 0.322 e. The van der Waals surface area contributed by atoms with Crippen LogP contribution in [0.2, 0.25) is 0 Å². The van der Waals surface area contributed by atoms with E-state index in [-0.39, 0.29) is 6.03 Å². The Labute approximate surface area is 157 Å². The molecule has 132 valence electrons. The van der Waals surface area contributed by atoms with Gasteiger partial charge in [0.2, 0.25) is 0 Å². The molecule has 2 heterocycles. The molecule has 0 bridgehead atoms. The van der Waals surface area contributed by atoms with Crippen LogP contribution in [0.3, 0.4) is 0 Å². The Hall–Kier alpha value is -2.86. The first kappa shape index (κ1) is 17.9. The summed E-state index contributed by atoms with van der Waals surface area (Å²) in [5.41, 5.74) is 2.42. The molecule has 3 aromatic rings. The summed E-state index contributed by atoms with van der Waals surface area (Å²) in [5, 5.41) is 2.96. The molecule has 0 aliphatic carbocycles. The third-order valence-electron chi connectivity index (χ3n) is 3.79. The molecule has 3 rings (SSSR count). The van der Waals surface area contributed by atoms with Crippen molar-refractivity contribution in [2.24, 2.45) is 0 Å². The van der Waals surface area contributed by atoms with Crippen LogP contribution in [0, 0.1) is 0 Å². The van der Waals surface area contributed by atoms with Crippen molar-refractivity contribution in [2.75, 3.05) is 11.6 Å². The first-order valence-electron chi connectivity index (χ1n) is 8.24. The van der Waals surface area contributed by atoms with E-state index in [4.69, 9.17) is 0 Å². The number of aromatic nitrogens is 2. The topological polar surface area (TPSA) is 58.1 Å².